The van der Waals surface area contributed by atoms with Crippen molar-refractivity contribution in [3.05, 3.63) is 54.6 Å². The summed E-state index contributed by atoms with van der Waals surface area (Å²) in [5, 5.41) is 15.5. The number of hydrogen-bond acceptors (Lipinski definition) is 8. The van der Waals surface area contributed by atoms with Gasteiger partial charge < -0.3 is 20.6 Å². The van der Waals surface area contributed by atoms with Crippen molar-refractivity contribution < 1.29 is 5.11 Å². The molecule has 0 saturated heterocycles. The van der Waals surface area contributed by atoms with Crippen molar-refractivity contribution in [1.29, 1.82) is 0 Å². The van der Waals surface area contributed by atoms with Crippen molar-refractivity contribution in [2.45, 2.75) is 26.9 Å². The molecule has 0 saturated carbocycles. The van der Waals surface area contributed by atoms with Crippen molar-refractivity contribution >= 4 is 17.5 Å². The highest BCUT2D eigenvalue weighted by molar-refractivity contribution is 5.62. The molecule has 8 nitrogen and oxygen atoms in total. The Balaban J connectivity index is 0.00000155. The van der Waals surface area contributed by atoms with Gasteiger partial charge in [0, 0.05) is 43.4 Å². The molecule has 0 aliphatic rings. The van der Waals surface area contributed by atoms with Crippen LogP contribution in [0.2, 0.25) is 0 Å². The van der Waals surface area contributed by atoms with Crippen LogP contribution in [0.25, 0.3) is 11.3 Å². The second kappa shape index (κ2) is 12.5. The lowest BCUT2D eigenvalue weighted by atomic mass is 10.2. The van der Waals surface area contributed by atoms with Gasteiger partial charge in [0.1, 0.15) is 5.82 Å². The van der Waals surface area contributed by atoms with Gasteiger partial charge in [0.25, 0.3) is 0 Å². The van der Waals surface area contributed by atoms with Crippen molar-refractivity contribution in [1.82, 2.24) is 25.3 Å². The summed E-state index contributed by atoms with van der Waals surface area (Å²) < 4.78 is 0. The van der Waals surface area contributed by atoms with Gasteiger partial charge in [-0.3, -0.25) is 4.98 Å². The summed E-state index contributed by atoms with van der Waals surface area (Å²) in [4.78, 5) is 19.6. The van der Waals surface area contributed by atoms with Crippen LogP contribution in [-0.4, -0.2) is 52.2 Å². The first kappa shape index (κ1) is 23.2. The Morgan fingerprint density at radius 2 is 1.83 bits per heavy atom. The first-order valence-corrected chi connectivity index (χ1v) is 10.2. The predicted molar refractivity (Wildman–Crippen MR) is 122 cm³/mol. The van der Waals surface area contributed by atoms with E-state index in [0.29, 0.717) is 11.6 Å². The highest BCUT2D eigenvalue weighted by Crippen LogP contribution is 2.21. The summed E-state index contributed by atoms with van der Waals surface area (Å²) in [6.45, 7) is 5.81. The molecule has 8 heteroatoms. The Morgan fingerprint density at radius 3 is 2.53 bits per heavy atom. The summed E-state index contributed by atoms with van der Waals surface area (Å²) in [5.74, 6) is 1.40. The summed E-state index contributed by atoms with van der Waals surface area (Å²) in [7, 11) is 4.00. The fraction of sp³-hybridized carbons (Fsp3) is 0.364. The minimum Gasteiger partial charge on any atom is -0.390 e. The fourth-order valence-electron chi connectivity index (χ4n) is 2.72. The van der Waals surface area contributed by atoms with Gasteiger partial charge in [-0.25, -0.2) is 15.0 Å². The molecule has 0 amide bonds. The maximum atomic E-state index is 9.21. The first-order valence-electron chi connectivity index (χ1n) is 10.2. The number of aliphatic hydroxyl groups excluding tert-OH is 1. The molecule has 3 N–H and O–H groups in total. The van der Waals surface area contributed by atoms with E-state index in [2.05, 4.69) is 35.5 Å². The van der Waals surface area contributed by atoms with Gasteiger partial charge >= 0.3 is 0 Å². The number of nitrogens with one attached hydrogen (secondary N) is 2. The molecule has 0 aromatic carbocycles. The number of rotatable bonds is 9. The maximum Gasteiger partial charge on any atom is 0.227 e. The molecular weight excluding hydrogens is 378 g/mol. The zero-order valence-electron chi connectivity index (χ0n) is 18.1. The van der Waals surface area contributed by atoms with Crippen LogP contribution in [0.5, 0.6) is 0 Å². The number of aromatic nitrogens is 4. The normalized spacial score (nSPS) is 10.2. The molecule has 0 fully saturated rings. The molecule has 0 aliphatic heterocycles. The molecule has 0 unspecified atom stereocenters. The number of pyridine rings is 2. The molecule has 3 rings (SSSR count). The van der Waals surface area contributed by atoms with Crippen molar-refractivity contribution in [3.8, 4) is 11.3 Å². The number of aliphatic hydroxyl groups is 1. The highest BCUT2D eigenvalue weighted by atomic mass is 16.3. The van der Waals surface area contributed by atoms with Gasteiger partial charge in [-0.1, -0.05) is 13.8 Å². The van der Waals surface area contributed by atoms with Gasteiger partial charge in [-0.15, -0.1) is 0 Å². The van der Waals surface area contributed by atoms with Crippen LogP contribution >= 0.6 is 0 Å². The fourth-order valence-corrected chi connectivity index (χ4v) is 2.72. The predicted octanol–water partition coefficient (Wildman–Crippen LogP) is 3.24. The third-order valence-electron chi connectivity index (χ3n) is 4.25. The highest BCUT2D eigenvalue weighted by Gasteiger charge is 2.06. The Hall–Kier alpha value is -3.10. The number of anilines is 3. The van der Waals surface area contributed by atoms with Crippen molar-refractivity contribution in [3.63, 3.8) is 0 Å². The molecule has 0 radical (unpaired) electrons. The van der Waals surface area contributed by atoms with E-state index in [1.165, 1.54) is 0 Å². The van der Waals surface area contributed by atoms with Crippen molar-refractivity contribution in [2.75, 3.05) is 37.4 Å². The van der Waals surface area contributed by atoms with Crippen LogP contribution < -0.4 is 15.5 Å². The first-order chi connectivity index (χ1) is 14.7. The molecular formula is C22H31N7O. The Bertz CT molecular complexity index is 887. The molecule has 3 aromatic rings. The maximum absolute atomic E-state index is 9.21. The average Bonchev–Trinajstić information content (AvgIpc) is 2.81. The van der Waals surface area contributed by atoms with Gasteiger partial charge in [0.15, 0.2) is 0 Å². The Kier molecular flexibility index (Phi) is 9.63. The summed E-state index contributed by atoms with van der Waals surface area (Å²) >= 11 is 0. The van der Waals surface area contributed by atoms with Gasteiger partial charge in [-0.05, 0) is 50.3 Å². The van der Waals surface area contributed by atoms with E-state index in [9.17, 15) is 5.11 Å². The molecule has 30 heavy (non-hydrogen) atoms. The van der Waals surface area contributed by atoms with E-state index in [1.54, 1.807) is 24.5 Å². The summed E-state index contributed by atoms with van der Waals surface area (Å²) in [5.41, 5.74) is 3.06. The third kappa shape index (κ3) is 6.75. The monoisotopic (exact) mass is 409 g/mol. The Labute approximate surface area is 178 Å². The van der Waals surface area contributed by atoms with E-state index < -0.39 is 0 Å². The molecule has 0 bridgehead atoms. The van der Waals surface area contributed by atoms with E-state index in [-0.39, 0.29) is 6.61 Å². The third-order valence-corrected chi connectivity index (χ3v) is 4.25. The largest absolute Gasteiger partial charge is 0.390 e. The van der Waals surface area contributed by atoms with Crippen LogP contribution in [0.4, 0.5) is 17.5 Å². The second-order valence-corrected chi connectivity index (χ2v) is 6.37. The number of nitrogens with zero attached hydrogens (tertiary/aromatic N) is 5. The molecule has 3 heterocycles. The van der Waals surface area contributed by atoms with Crippen LogP contribution in [0.3, 0.4) is 0 Å². The molecule has 160 valence electrons. The minimum absolute atomic E-state index is 0.113. The van der Waals surface area contributed by atoms with E-state index in [1.807, 2.05) is 52.3 Å². The van der Waals surface area contributed by atoms with Gasteiger partial charge in [0.2, 0.25) is 5.95 Å². The second-order valence-electron chi connectivity index (χ2n) is 6.37. The molecule has 0 spiro atoms. The van der Waals surface area contributed by atoms with Crippen LogP contribution in [0, 0.1) is 0 Å². The molecule has 0 atom stereocenters. The SMILES string of the molecule is CC.CNCCCN(C)c1ccc(-c2ccnc(Nc3ccnc(CO)c3)n2)cn1. The lowest BCUT2D eigenvalue weighted by Crippen LogP contribution is -2.22. The van der Waals surface area contributed by atoms with Crippen LogP contribution in [0.15, 0.2) is 48.9 Å². The van der Waals surface area contributed by atoms with Gasteiger partial charge in [0.05, 0.1) is 18.0 Å². The Morgan fingerprint density at radius 1 is 1.03 bits per heavy atom. The smallest absolute Gasteiger partial charge is 0.227 e. The standard InChI is InChI=1S/C20H25N7O.C2H6/c1-21-8-3-11-27(2)19-5-4-15(13-24-19)18-7-10-23-20(26-18)25-16-6-9-22-17(12-16)14-28;1-2/h4-7,9-10,12-13,21,28H,3,8,11,14H2,1-2H3,(H,22,23,25,26);1-2H3. The zero-order valence-corrected chi connectivity index (χ0v) is 18.1. The quantitative estimate of drug-likeness (QED) is 0.463. The van der Waals surface area contributed by atoms with Crippen molar-refractivity contribution in [2.24, 2.45) is 0 Å². The van der Waals surface area contributed by atoms with Gasteiger partial charge in [-0.2, -0.15) is 0 Å². The lowest BCUT2D eigenvalue weighted by Gasteiger charge is -2.18. The van der Waals surface area contributed by atoms with E-state index in [0.717, 1.165) is 42.3 Å². The lowest BCUT2D eigenvalue weighted by molar-refractivity contribution is 0.277. The number of hydrogen-bond donors (Lipinski definition) is 3. The van der Waals surface area contributed by atoms with Crippen LogP contribution in [-0.2, 0) is 6.61 Å². The summed E-state index contributed by atoms with van der Waals surface area (Å²) in [6.07, 6.45) is 6.22. The van der Waals surface area contributed by atoms with E-state index in [4.69, 9.17) is 0 Å². The molecule has 0 aliphatic carbocycles. The minimum atomic E-state index is -0.113. The molecule has 3 aromatic heterocycles. The average molecular weight is 410 g/mol. The topological polar surface area (TPSA) is 99.1 Å². The summed E-state index contributed by atoms with van der Waals surface area (Å²) in [6, 6.07) is 9.43. The zero-order chi connectivity index (χ0) is 21.8. The van der Waals surface area contributed by atoms with Crippen LogP contribution in [0.1, 0.15) is 26.0 Å². The van der Waals surface area contributed by atoms with E-state index >= 15 is 0 Å².